The Kier molecular flexibility index (Phi) is 5.52. The third-order valence-electron chi connectivity index (χ3n) is 3.42. The lowest BCUT2D eigenvalue weighted by Crippen LogP contribution is -2.29. The molecule has 4 nitrogen and oxygen atoms in total. The van der Waals surface area contributed by atoms with Gasteiger partial charge >= 0.3 is 11.8 Å². The number of para-hydroxylation sites is 1. The third-order valence-corrected chi connectivity index (χ3v) is 4.05. The zero-order valence-corrected chi connectivity index (χ0v) is 15.1. The van der Waals surface area contributed by atoms with E-state index in [1.165, 1.54) is 0 Å². The summed E-state index contributed by atoms with van der Waals surface area (Å²) in [5, 5.41) is 5.49. The van der Waals surface area contributed by atoms with Crippen LogP contribution in [0.3, 0.4) is 0 Å². The van der Waals surface area contributed by atoms with Crippen molar-refractivity contribution in [3.8, 4) is 0 Å². The second-order valence-electron chi connectivity index (χ2n) is 6.33. The number of carbonyl (C=O) groups is 2. The van der Waals surface area contributed by atoms with Crippen LogP contribution in [-0.4, -0.2) is 11.8 Å². The monoisotopic (exact) mass is 364 g/mol. The molecular formula is C18H18Cl2N2O2. The van der Waals surface area contributed by atoms with Crippen molar-refractivity contribution in [2.75, 3.05) is 10.6 Å². The molecule has 0 aliphatic rings. The van der Waals surface area contributed by atoms with Crippen LogP contribution in [0.15, 0.2) is 42.5 Å². The SMILES string of the molecule is CC(C)(C)c1ccc(NC(=O)C(=O)Nc2c(Cl)cccc2Cl)cc1. The smallest absolute Gasteiger partial charge is 0.314 e. The van der Waals surface area contributed by atoms with E-state index >= 15 is 0 Å². The Hall–Kier alpha value is -2.04. The van der Waals surface area contributed by atoms with Crippen LogP contribution in [0.2, 0.25) is 10.0 Å². The second kappa shape index (κ2) is 7.24. The number of amides is 2. The molecule has 0 heterocycles. The third kappa shape index (κ3) is 4.49. The van der Waals surface area contributed by atoms with Crippen molar-refractivity contribution in [1.82, 2.24) is 0 Å². The molecule has 2 aromatic carbocycles. The second-order valence-corrected chi connectivity index (χ2v) is 7.15. The Morgan fingerprint density at radius 3 is 1.83 bits per heavy atom. The molecule has 0 saturated carbocycles. The van der Waals surface area contributed by atoms with E-state index in [1.807, 2.05) is 12.1 Å². The van der Waals surface area contributed by atoms with Gasteiger partial charge in [-0.2, -0.15) is 0 Å². The number of anilines is 2. The number of hydrogen-bond donors (Lipinski definition) is 2. The van der Waals surface area contributed by atoms with Crippen LogP contribution in [0, 0.1) is 0 Å². The quantitative estimate of drug-likeness (QED) is 0.746. The van der Waals surface area contributed by atoms with Gasteiger partial charge < -0.3 is 10.6 Å². The molecule has 2 aromatic rings. The predicted octanol–water partition coefficient (Wildman–Crippen LogP) is 4.87. The van der Waals surface area contributed by atoms with Crippen LogP contribution in [0.4, 0.5) is 11.4 Å². The summed E-state index contributed by atoms with van der Waals surface area (Å²) in [5.41, 5.74) is 1.89. The van der Waals surface area contributed by atoms with Crippen LogP contribution in [0.5, 0.6) is 0 Å². The average Bonchev–Trinajstić information content (AvgIpc) is 2.50. The summed E-state index contributed by atoms with van der Waals surface area (Å²) in [7, 11) is 0. The lowest BCUT2D eigenvalue weighted by Gasteiger charge is -2.19. The van der Waals surface area contributed by atoms with Gasteiger partial charge in [-0.1, -0.05) is 62.2 Å². The number of halogens is 2. The van der Waals surface area contributed by atoms with E-state index in [0.29, 0.717) is 5.69 Å². The fourth-order valence-corrected chi connectivity index (χ4v) is 2.52. The average molecular weight is 365 g/mol. The van der Waals surface area contributed by atoms with Crippen molar-refractivity contribution in [3.05, 3.63) is 58.1 Å². The molecule has 0 spiro atoms. The highest BCUT2D eigenvalue weighted by molar-refractivity contribution is 6.46. The van der Waals surface area contributed by atoms with Crippen molar-refractivity contribution >= 4 is 46.4 Å². The molecule has 2 N–H and O–H groups in total. The molecule has 0 fully saturated rings. The van der Waals surface area contributed by atoms with Gasteiger partial charge in [-0.05, 0) is 35.2 Å². The minimum Gasteiger partial charge on any atom is -0.318 e. The lowest BCUT2D eigenvalue weighted by molar-refractivity contribution is -0.132. The number of rotatable bonds is 2. The summed E-state index contributed by atoms with van der Waals surface area (Å²) in [6, 6.07) is 12.1. The van der Waals surface area contributed by atoms with E-state index in [9.17, 15) is 9.59 Å². The predicted molar refractivity (Wildman–Crippen MR) is 98.9 cm³/mol. The number of carbonyl (C=O) groups excluding carboxylic acids is 2. The molecule has 0 saturated heterocycles. The highest BCUT2D eigenvalue weighted by Gasteiger charge is 2.18. The highest BCUT2D eigenvalue weighted by atomic mass is 35.5. The summed E-state index contributed by atoms with van der Waals surface area (Å²) in [4.78, 5) is 24.0. The molecule has 0 aliphatic heterocycles. The molecule has 2 amide bonds. The van der Waals surface area contributed by atoms with Crippen LogP contribution < -0.4 is 10.6 Å². The first-order chi connectivity index (χ1) is 11.2. The maximum absolute atomic E-state index is 12.0. The van der Waals surface area contributed by atoms with E-state index < -0.39 is 11.8 Å². The van der Waals surface area contributed by atoms with E-state index in [0.717, 1.165) is 5.56 Å². The van der Waals surface area contributed by atoms with Gasteiger partial charge in [0.25, 0.3) is 0 Å². The Labute approximate surface area is 151 Å². The van der Waals surface area contributed by atoms with Crippen molar-refractivity contribution in [2.45, 2.75) is 26.2 Å². The summed E-state index contributed by atoms with van der Waals surface area (Å²) in [5.74, 6) is -1.64. The minimum absolute atomic E-state index is 0.0146. The van der Waals surface area contributed by atoms with Crippen molar-refractivity contribution < 1.29 is 9.59 Å². The fourth-order valence-electron chi connectivity index (χ4n) is 2.03. The Bertz CT molecular complexity index is 745. The molecule has 24 heavy (non-hydrogen) atoms. The maximum Gasteiger partial charge on any atom is 0.314 e. The molecule has 0 aliphatic carbocycles. The molecule has 6 heteroatoms. The van der Waals surface area contributed by atoms with Crippen molar-refractivity contribution in [1.29, 1.82) is 0 Å². The fraction of sp³-hybridized carbons (Fsp3) is 0.222. The van der Waals surface area contributed by atoms with Gasteiger partial charge in [-0.25, -0.2) is 0 Å². The molecule has 0 unspecified atom stereocenters. The Morgan fingerprint density at radius 2 is 1.33 bits per heavy atom. The number of benzene rings is 2. The van der Waals surface area contributed by atoms with Crippen molar-refractivity contribution in [3.63, 3.8) is 0 Å². The topological polar surface area (TPSA) is 58.2 Å². The van der Waals surface area contributed by atoms with Gasteiger partial charge in [-0.15, -0.1) is 0 Å². The van der Waals surface area contributed by atoms with Crippen LogP contribution in [-0.2, 0) is 15.0 Å². The van der Waals surface area contributed by atoms with Gasteiger partial charge in [0.1, 0.15) is 0 Å². The zero-order valence-electron chi connectivity index (χ0n) is 13.6. The lowest BCUT2D eigenvalue weighted by atomic mass is 9.87. The van der Waals surface area contributed by atoms with Gasteiger partial charge in [0.2, 0.25) is 0 Å². The van der Waals surface area contributed by atoms with E-state index in [4.69, 9.17) is 23.2 Å². The largest absolute Gasteiger partial charge is 0.318 e. The van der Waals surface area contributed by atoms with Crippen LogP contribution in [0.1, 0.15) is 26.3 Å². The summed E-state index contributed by atoms with van der Waals surface area (Å²) in [6.07, 6.45) is 0. The highest BCUT2D eigenvalue weighted by Crippen LogP contribution is 2.29. The molecule has 126 valence electrons. The zero-order chi connectivity index (χ0) is 17.9. The summed E-state index contributed by atoms with van der Waals surface area (Å²) in [6.45, 7) is 6.30. The molecule has 0 bridgehead atoms. The van der Waals surface area contributed by atoms with E-state index in [2.05, 4.69) is 31.4 Å². The molecule has 2 rings (SSSR count). The molecular weight excluding hydrogens is 347 g/mol. The molecule has 0 aromatic heterocycles. The molecule has 0 atom stereocenters. The van der Waals surface area contributed by atoms with E-state index in [-0.39, 0.29) is 21.1 Å². The van der Waals surface area contributed by atoms with Crippen LogP contribution in [0.25, 0.3) is 0 Å². The first-order valence-corrected chi connectivity index (χ1v) is 8.11. The summed E-state index contributed by atoms with van der Waals surface area (Å²) >= 11 is 11.9. The van der Waals surface area contributed by atoms with Crippen molar-refractivity contribution in [2.24, 2.45) is 0 Å². The standard InChI is InChI=1S/C18H18Cl2N2O2/c1-18(2,3)11-7-9-12(10-8-11)21-16(23)17(24)22-15-13(19)5-4-6-14(15)20/h4-10H,1-3H3,(H,21,23)(H,22,24). The first-order valence-electron chi connectivity index (χ1n) is 7.35. The van der Waals surface area contributed by atoms with Gasteiger partial charge in [0, 0.05) is 5.69 Å². The first kappa shape index (κ1) is 18.3. The Balaban J connectivity index is 2.05. The number of hydrogen-bond acceptors (Lipinski definition) is 2. The van der Waals surface area contributed by atoms with Gasteiger partial charge in [0.15, 0.2) is 0 Å². The Morgan fingerprint density at radius 1 is 0.833 bits per heavy atom. The van der Waals surface area contributed by atoms with Gasteiger partial charge in [-0.3, -0.25) is 9.59 Å². The normalized spacial score (nSPS) is 11.0. The minimum atomic E-state index is -0.843. The van der Waals surface area contributed by atoms with Gasteiger partial charge in [0.05, 0.1) is 15.7 Å². The number of nitrogens with one attached hydrogen (secondary N) is 2. The summed E-state index contributed by atoms with van der Waals surface area (Å²) < 4.78 is 0. The maximum atomic E-state index is 12.0. The molecule has 0 radical (unpaired) electrons. The van der Waals surface area contributed by atoms with E-state index in [1.54, 1.807) is 30.3 Å². The van der Waals surface area contributed by atoms with Crippen LogP contribution >= 0.6 is 23.2 Å².